The molecule has 0 fully saturated rings. The summed E-state index contributed by atoms with van der Waals surface area (Å²) >= 11 is 0. The fourth-order valence-corrected chi connectivity index (χ4v) is 2.25. The van der Waals surface area contributed by atoms with Gasteiger partial charge in [0.05, 0.1) is 25.4 Å². The molecule has 1 atom stereocenters. The van der Waals surface area contributed by atoms with Crippen LogP contribution in [-0.2, 0) is 6.54 Å². The molecular weight excluding hydrogens is 250 g/mol. The average molecular weight is 273 g/mol. The van der Waals surface area contributed by atoms with E-state index in [2.05, 4.69) is 42.6 Å². The van der Waals surface area contributed by atoms with Gasteiger partial charge in [0, 0.05) is 6.20 Å². The van der Waals surface area contributed by atoms with Crippen LogP contribution in [0.2, 0.25) is 0 Å². The van der Waals surface area contributed by atoms with E-state index in [0.29, 0.717) is 6.61 Å². The van der Waals surface area contributed by atoms with Crippen LogP contribution >= 0.6 is 0 Å². The van der Waals surface area contributed by atoms with Crippen LogP contribution in [0.4, 0.5) is 0 Å². The second-order valence-corrected chi connectivity index (χ2v) is 4.85. The van der Waals surface area contributed by atoms with E-state index >= 15 is 0 Å². The zero-order valence-corrected chi connectivity index (χ0v) is 12.5. The summed E-state index contributed by atoms with van der Waals surface area (Å²) in [4.78, 5) is 0. The summed E-state index contributed by atoms with van der Waals surface area (Å²) in [5.41, 5.74) is 2.44. The van der Waals surface area contributed by atoms with E-state index in [4.69, 9.17) is 4.74 Å². The Balaban J connectivity index is 2.10. The number of aryl methyl sites for hydroxylation is 1. The standard InChI is InChI=1S/C16H23N3O/c1-4-17-16(12-19-11-13(3)10-18-19)14-6-8-15(9-7-14)20-5-2/h6-11,16-17H,4-5,12H2,1-3H3. The summed E-state index contributed by atoms with van der Waals surface area (Å²) in [5, 5.41) is 7.87. The molecule has 1 N–H and O–H groups in total. The van der Waals surface area contributed by atoms with Crippen LogP contribution in [0.1, 0.15) is 31.0 Å². The van der Waals surface area contributed by atoms with Crippen molar-refractivity contribution in [2.45, 2.75) is 33.4 Å². The largest absolute Gasteiger partial charge is 0.494 e. The zero-order valence-electron chi connectivity index (χ0n) is 12.5. The van der Waals surface area contributed by atoms with Gasteiger partial charge in [0.1, 0.15) is 5.75 Å². The molecule has 0 spiro atoms. The topological polar surface area (TPSA) is 39.1 Å². The van der Waals surface area contributed by atoms with E-state index in [0.717, 1.165) is 18.8 Å². The fourth-order valence-electron chi connectivity index (χ4n) is 2.25. The highest BCUT2D eigenvalue weighted by atomic mass is 16.5. The summed E-state index contributed by atoms with van der Waals surface area (Å²) < 4.78 is 7.47. The number of aromatic nitrogens is 2. The van der Waals surface area contributed by atoms with E-state index in [1.807, 2.05) is 29.9 Å². The van der Waals surface area contributed by atoms with E-state index < -0.39 is 0 Å². The van der Waals surface area contributed by atoms with E-state index in [1.54, 1.807) is 0 Å². The maximum absolute atomic E-state index is 5.48. The second kappa shape index (κ2) is 7.10. The summed E-state index contributed by atoms with van der Waals surface area (Å²) in [6.07, 6.45) is 3.96. The Labute approximate surface area is 120 Å². The molecule has 4 nitrogen and oxygen atoms in total. The smallest absolute Gasteiger partial charge is 0.119 e. The minimum atomic E-state index is 0.259. The van der Waals surface area contributed by atoms with Crippen molar-refractivity contribution in [2.75, 3.05) is 13.2 Å². The molecule has 1 heterocycles. The van der Waals surface area contributed by atoms with Gasteiger partial charge in [0.15, 0.2) is 0 Å². The highest BCUT2D eigenvalue weighted by Gasteiger charge is 2.11. The van der Waals surface area contributed by atoms with E-state index in [-0.39, 0.29) is 6.04 Å². The normalized spacial score (nSPS) is 12.3. The van der Waals surface area contributed by atoms with Crippen LogP contribution in [-0.4, -0.2) is 22.9 Å². The van der Waals surface area contributed by atoms with Crippen LogP contribution in [0.15, 0.2) is 36.7 Å². The molecule has 4 heteroatoms. The van der Waals surface area contributed by atoms with Gasteiger partial charge in [-0.15, -0.1) is 0 Å². The Bertz CT molecular complexity index is 519. The molecule has 1 aromatic heterocycles. The van der Waals surface area contributed by atoms with E-state index in [9.17, 15) is 0 Å². The Kier molecular flexibility index (Phi) is 5.18. The lowest BCUT2D eigenvalue weighted by Crippen LogP contribution is -2.25. The lowest BCUT2D eigenvalue weighted by atomic mass is 10.1. The second-order valence-electron chi connectivity index (χ2n) is 4.85. The van der Waals surface area contributed by atoms with Crippen molar-refractivity contribution in [2.24, 2.45) is 0 Å². The summed E-state index contributed by atoms with van der Waals surface area (Å²) in [6, 6.07) is 8.55. The predicted octanol–water partition coefficient (Wildman–Crippen LogP) is 2.94. The van der Waals surface area contributed by atoms with Crippen LogP contribution in [0.25, 0.3) is 0 Å². The van der Waals surface area contributed by atoms with Crippen molar-refractivity contribution < 1.29 is 4.74 Å². The Morgan fingerprint density at radius 2 is 2.00 bits per heavy atom. The molecule has 20 heavy (non-hydrogen) atoms. The molecule has 0 aliphatic carbocycles. The van der Waals surface area contributed by atoms with Crippen molar-refractivity contribution in [3.8, 4) is 5.75 Å². The van der Waals surface area contributed by atoms with Gasteiger partial charge in [0.2, 0.25) is 0 Å². The van der Waals surface area contributed by atoms with Gasteiger partial charge in [-0.05, 0) is 43.7 Å². The number of hydrogen-bond acceptors (Lipinski definition) is 3. The number of nitrogens with zero attached hydrogens (tertiary/aromatic N) is 2. The van der Waals surface area contributed by atoms with Gasteiger partial charge in [0.25, 0.3) is 0 Å². The molecule has 108 valence electrons. The van der Waals surface area contributed by atoms with Gasteiger partial charge in [-0.1, -0.05) is 19.1 Å². The molecule has 1 unspecified atom stereocenters. The molecule has 0 saturated heterocycles. The summed E-state index contributed by atoms with van der Waals surface area (Å²) in [5.74, 6) is 0.918. The molecule has 0 saturated carbocycles. The van der Waals surface area contributed by atoms with Gasteiger partial charge in [-0.25, -0.2) is 0 Å². The van der Waals surface area contributed by atoms with Crippen LogP contribution in [0.3, 0.4) is 0 Å². The fraction of sp³-hybridized carbons (Fsp3) is 0.438. The van der Waals surface area contributed by atoms with Gasteiger partial charge in [-0.3, -0.25) is 4.68 Å². The average Bonchev–Trinajstić information content (AvgIpc) is 2.85. The molecule has 0 aliphatic rings. The van der Waals surface area contributed by atoms with Crippen molar-refractivity contribution in [3.63, 3.8) is 0 Å². The highest BCUT2D eigenvalue weighted by molar-refractivity contribution is 5.29. The lowest BCUT2D eigenvalue weighted by molar-refractivity contribution is 0.340. The number of likely N-dealkylation sites (N-methyl/N-ethyl adjacent to an activating group) is 1. The first-order chi connectivity index (χ1) is 9.72. The zero-order chi connectivity index (χ0) is 14.4. The van der Waals surface area contributed by atoms with E-state index in [1.165, 1.54) is 11.1 Å². The minimum Gasteiger partial charge on any atom is -0.494 e. The summed E-state index contributed by atoms with van der Waals surface area (Å²) in [6.45, 7) is 8.63. The van der Waals surface area contributed by atoms with Gasteiger partial charge >= 0.3 is 0 Å². The minimum absolute atomic E-state index is 0.259. The van der Waals surface area contributed by atoms with Crippen molar-refractivity contribution in [3.05, 3.63) is 47.8 Å². The third-order valence-electron chi connectivity index (χ3n) is 3.18. The highest BCUT2D eigenvalue weighted by Crippen LogP contribution is 2.19. The molecular formula is C16H23N3O. The Hall–Kier alpha value is -1.81. The van der Waals surface area contributed by atoms with Crippen LogP contribution in [0, 0.1) is 6.92 Å². The monoisotopic (exact) mass is 273 g/mol. The van der Waals surface area contributed by atoms with Crippen LogP contribution < -0.4 is 10.1 Å². The Morgan fingerprint density at radius 3 is 2.55 bits per heavy atom. The number of ether oxygens (including phenoxy) is 1. The van der Waals surface area contributed by atoms with Crippen molar-refractivity contribution in [1.82, 2.24) is 15.1 Å². The molecule has 0 bridgehead atoms. The number of nitrogens with one attached hydrogen (secondary N) is 1. The summed E-state index contributed by atoms with van der Waals surface area (Å²) in [7, 11) is 0. The molecule has 0 aliphatic heterocycles. The number of hydrogen-bond donors (Lipinski definition) is 1. The van der Waals surface area contributed by atoms with Crippen LogP contribution in [0.5, 0.6) is 5.75 Å². The first kappa shape index (κ1) is 14.6. The molecule has 0 radical (unpaired) electrons. The molecule has 1 aromatic carbocycles. The van der Waals surface area contributed by atoms with Crippen molar-refractivity contribution >= 4 is 0 Å². The maximum atomic E-state index is 5.48. The quantitative estimate of drug-likeness (QED) is 0.843. The number of rotatable bonds is 7. The first-order valence-corrected chi connectivity index (χ1v) is 7.18. The van der Waals surface area contributed by atoms with Gasteiger partial charge in [-0.2, -0.15) is 5.10 Å². The third kappa shape index (κ3) is 3.84. The maximum Gasteiger partial charge on any atom is 0.119 e. The Morgan fingerprint density at radius 1 is 1.25 bits per heavy atom. The SMILES string of the molecule is CCNC(Cn1cc(C)cn1)c1ccc(OCC)cc1. The molecule has 0 amide bonds. The number of benzene rings is 1. The molecule has 2 aromatic rings. The van der Waals surface area contributed by atoms with Crippen molar-refractivity contribution in [1.29, 1.82) is 0 Å². The predicted molar refractivity (Wildman–Crippen MR) is 81.0 cm³/mol. The van der Waals surface area contributed by atoms with Gasteiger partial charge < -0.3 is 10.1 Å². The molecule has 2 rings (SSSR count). The third-order valence-corrected chi connectivity index (χ3v) is 3.18. The lowest BCUT2D eigenvalue weighted by Gasteiger charge is -2.19. The first-order valence-electron chi connectivity index (χ1n) is 7.18.